The van der Waals surface area contributed by atoms with Gasteiger partial charge in [-0.3, -0.25) is 0 Å². The van der Waals surface area contributed by atoms with Gasteiger partial charge in [-0.1, -0.05) is 12.1 Å². The number of ether oxygens (including phenoxy) is 1. The van der Waals surface area contributed by atoms with Crippen LogP contribution in [0.1, 0.15) is 18.4 Å². The standard InChI is InChI=1S/C17H14N4O/c18-9-12-3-5-14(6-4-12)16-7-15(22-10-13-1-2-13)8-17-19-11-20-21(16)17/h3-8,11,13H,1-2,10H2. The Balaban J connectivity index is 1.76. The van der Waals surface area contributed by atoms with Crippen LogP contribution in [0.15, 0.2) is 42.7 Å². The SMILES string of the molecule is N#Cc1ccc(-c2cc(OCC3CC3)cc3ncnn23)cc1. The zero-order valence-corrected chi connectivity index (χ0v) is 11.9. The Hall–Kier alpha value is -2.87. The molecule has 0 radical (unpaired) electrons. The second-order valence-electron chi connectivity index (χ2n) is 5.55. The van der Waals surface area contributed by atoms with E-state index in [0.717, 1.165) is 29.3 Å². The van der Waals surface area contributed by atoms with Crippen molar-refractivity contribution < 1.29 is 4.74 Å². The first kappa shape index (κ1) is 12.8. The molecular formula is C17H14N4O. The average molecular weight is 290 g/mol. The minimum Gasteiger partial charge on any atom is -0.493 e. The fourth-order valence-corrected chi connectivity index (χ4v) is 2.40. The lowest BCUT2D eigenvalue weighted by atomic mass is 10.1. The molecule has 5 heteroatoms. The van der Waals surface area contributed by atoms with Crippen LogP contribution in [0.2, 0.25) is 0 Å². The van der Waals surface area contributed by atoms with E-state index in [9.17, 15) is 0 Å². The lowest BCUT2D eigenvalue weighted by Gasteiger charge is -2.10. The maximum atomic E-state index is 8.91. The third-order valence-electron chi connectivity index (χ3n) is 3.85. The number of pyridine rings is 1. The predicted octanol–water partition coefficient (Wildman–Crippen LogP) is 3.06. The van der Waals surface area contributed by atoms with Gasteiger partial charge in [-0.05, 0) is 30.9 Å². The van der Waals surface area contributed by atoms with Crippen LogP contribution in [-0.4, -0.2) is 21.2 Å². The van der Waals surface area contributed by atoms with E-state index in [-0.39, 0.29) is 0 Å². The average Bonchev–Trinajstić information content (AvgIpc) is 3.28. The van der Waals surface area contributed by atoms with Crippen LogP contribution in [0.4, 0.5) is 0 Å². The summed E-state index contributed by atoms with van der Waals surface area (Å²) in [5.41, 5.74) is 3.28. The van der Waals surface area contributed by atoms with Crippen molar-refractivity contribution >= 4 is 5.65 Å². The van der Waals surface area contributed by atoms with Gasteiger partial charge in [-0.25, -0.2) is 9.50 Å². The fraction of sp³-hybridized carbons (Fsp3) is 0.235. The molecule has 5 nitrogen and oxygen atoms in total. The molecule has 1 saturated carbocycles. The molecule has 0 aliphatic heterocycles. The molecule has 1 aliphatic carbocycles. The first-order valence-corrected chi connectivity index (χ1v) is 7.30. The van der Waals surface area contributed by atoms with E-state index in [0.29, 0.717) is 11.5 Å². The largest absolute Gasteiger partial charge is 0.493 e. The van der Waals surface area contributed by atoms with E-state index in [4.69, 9.17) is 10.00 Å². The van der Waals surface area contributed by atoms with Crippen molar-refractivity contribution in [1.82, 2.24) is 14.6 Å². The molecule has 1 aliphatic rings. The molecule has 4 rings (SSSR count). The summed E-state index contributed by atoms with van der Waals surface area (Å²) in [6.07, 6.45) is 4.05. The van der Waals surface area contributed by atoms with Crippen molar-refractivity contribution in [3.63, 3.8) is 0 Å². The maximum absolute atomic E-state index is 8.91. The van der Waals surface area contributed by atoms with Crippen LogP contribution in [0, 0.1) is 17.2 Å². The van der Waals surface area contributed by atoms with Crippen molar-refractivity contribution in [3.05, 3.63) is 48.3 Å². The Morgan fingerprint density at radius 2 is 2.05 bits per heavy atom. The van der Waals surface area contributed by atoms with E-state index < -0.39 is 0 Å². The molecule has 0 saturated heterocycles. The molecule has 0 N–H and O–H groups in total. The summed E-state index contributed by atoms with van der Waals surface area (Å²) in [5, 5.41) is 13.2. The predicted molar refractivity (Wildman–Crippen MR) is 81.4 cm³/mol. The summed E-state index contributed by atoms with van der Waals surface area (Å²) < 4.78 is 7.66. The van der Waals surface area contributed by atoms with Crippen molar-refractivity contribution in [2.24, 2.45) is 5.92 Å². The monoisotopic (exact) mass is 290 g/mol. The highest BCUT2D eigenvalue weighted by Gasteiger charge is 2.22. The molecule has 0 bridgehead atoms. The quantitative estimate of drug-likeness (QED) is 0.741. The second-order valence-corrected chi connectivity index (χ2v) is 5.55. The van der Waals surface area contributed by atoms with Gasteiger partial charge in [-0.2, -0.15) is 10.4 Å². The molecule has 22 heavy (non-hydrogen) atoms. The Kier molecular flexibility index (Phi) is 3.01. The second kappa shape index (κ2) is 5.15. The molecule has 1 aromatic carbocycles. The summed E-state index contributed by atoms with van der Waals surface area (Å²) in [6.45, 7) is 0.761. The number of nitrogens with zero attached hydrogens (tertiary/aromatic N) is 4. The molecule has 0 spiro atoms. The number of nitriles is 1. The van der Waals surface area contributed by atoms with Crippen LogP contribution >= 0.6 is 0 Å². The van der Waals surface area contributed by atoms with Gasteiger partial charge in [0.25, 0.3) is 0 Å². The summed E-state index contributed by atoms with van der Waals surface area (Å²) in [4.78, 5) is 4.26. The zero-order valence-electron chi connectivity index (χ0n) is 11.9. The minimum absolute atomic E-state index is 0.639. The van der Waals surface area contributed by atoms with E-state index in [1.54, 1.807) is 16.6 Å². The van der Waals surface area contributed by atoms with Crippen molar-refractivity contribution in [3.8, 4) is 23.1 Å². The number of rotatable bonds is 4. The first-order chi connectivity index (χ1) is 10.8. The van der Waals surface area contributed by atoms with E-state index in [1.807, 2.05) is 24.3 Å². The van der Waals surface area contributed by atoms with Gasteiger partial charge in [0.1, 0.15) is 12.1 Å². The topological polar surface area (TPSA) is 63.2 Å². The molecule has 3 aromatic rings. The lowest BCUT2D eigenvalue weighted by molar-refractivity contribution is 0.300. The molecular weight excluding hydrogens is 276 g/mol. The smallest absolute Gasteiger partial charge is 0.159 e. The molecule has 0 atom stereocenters. The van der Waals surface area contributed by atoms with E-state index in [1.165, 1.54) is 19.2 Å². The highest BCUT2D eigenvalue weighted by molar-refractivity contribution is 5.66. The number of hydrogen-bond acceptors (Lipinski definition) is 4. The molecule has 0 amide bonds. The van der Waals surface area contributed by atoms with Crippen molar-refractivity contribution in [1.29, 1.82) is 5.26 Å². The summed E-state index contributed by atoms with van der Waals surface area (Å²) in [7, 11) is 0. The van der Waals surface area contributed by atoms with Gasteiger partial charge >= 0.3 is 0 Å². The van der Waals surface area contributed by atoms with Gasteiger partial charge in [0.05, 0.1) is 23.9 Å². The van der Waals surface area contributed by atoms with Crippen LogP contribution in [0.25, 0.3) is 16.9 Å². The fourth-order valence-electron chi connectivity index (χ4n) is 2.40. The molecule has 2 aromatic heterocycles. The number of fused-ring (bicyclic) bond motifs is 1. The van der Waals surface area contributed by atoms with Crippen molar-refractivity contribution in [2.45, 2.75) is 12.8 Å². The Bertz CT molecular complexity index is 856. The third-order valence-corrected chi connectivity index (χ3v) is 3.85. The van der Waals surface area contributed by atoms with E-state index >= 15 is 0 Å². The Labute approximate surface area is 127 Å². The third kappa shape index (κ3) is 2.40. The van der Waals surface area contributed by atoms with Gasteiger partial charge in [0.2, 0.25) is 0 Å². The molecule has 0 unspecified atom stereocenters. The number of hydrogen-bond donors (Lipinski definition) is 0. The van der Waals surface area contributed by atoms with Crippen molar-refractivity contribution in [2.75, 3.05) is 6.61 Å². The Morgan fingerprint density at radius 1 is 1.23 bits per heavy atom. The number of benzene rings is 1. The summed E-state index contributed by atoms with van der Waals surface area (Å²) in [5.74, 6) is 1.51. The van der Waals surface area contributed by atoms with Gasteiger partial charge in [-0.15, -0.1) is 0 Å². The van der Waals surface area contributed by atoms with Crippen LogP contribution in [0.3, 0.4) is 0 Å². The van der Waals surface area contributed by atoms with Gasteiger partial charge in [0.15, 0.2) is 5.65 Å². The highest BCUT2D eigenvalue weighted by Crippen LogP contribution is 2.31. The Morgan fingerprint density at radius 3 is 2.77 bits per heavy atom. The maximum Gasteiger partial charge on any atom is 0.159 e. The first-order valence-electron chi connectivity index (χ1n) is 7.30. The minimum atomic E-state index is 0.639. The zero-order chi connectivity index (χ0) is 14.9. The molecule has 2 heterocycles. The highest BCUT2D eigenvalue weighted by atomic mass is 16.5. The van der Waals surface area contributed by atoms with Crippen LogP contribution in [-0.2, 0) is 0 Å². The summed E-state index contributed by atoms with van der Waals surface area (Å²) in [6, 6.07) is 13.4. The number of aromatic nitrogens is 3. The summed E-state index contributed by atoms with van der Waals surface area (Å²) >= 11 is 0. The normalized spacial score (nSPS) is 14.0. The molecule has 108 valence electrons. The molecule has 1 fully saturated rings. The van der Waals surface area contributed by atoms with Crippen LogP contribution in [0.5, 0.6) is 5.75 Å². The lowest BCUT2D eigenvalue weighted by Crippen LogP contribution is -2.01. The van der Waals surface area contributed by atoms with E-state index in [2.05, 4.69) is 16.2 Å². The van der Waals surface area contributed by atoms with Gasteiger partial charge < -0.3 is 4.74 Å². The van der Waals surface area contributed by atoms with Crippen LogP contribution < -0.4 is 4.74 Å². The van der Waals surface area contributed by atoms with Gasteiger partial charge in [0, 0.05) is 17.7 Å².